The molecule has 2 aliphatic carbocycles. The van der Waals surface area contributed by atoms with Gasteiger partial charge >= 0.3 is 0 Å². The van der Waals surface area contributed by atoms with Crippen LogP contribution in [0.4, 0.5) is 0 Å². The molecule has 2 atom stereocenters. The first kappa shape index (κ1) is 15.3. The van der Waals surface area contributed by atoms with E-state index in [4.69, 9.17) is 4.74 Å². The van der Waals surface area contributed by atoms with Crippen LogP contribution in [0.5, 0.6) is 5.75 Å². The summed E-state index contributed by atoms with van der Waals surface area (Å²) in [5.74, 6) is 1.43. The Kier molecular flexibility index (Phi) is 4.12. The van der Waals surface area contributed by atoms with Gasteiger partial charge in [-0.3, -0.25) is 4.79 Å². The Balaban J connectivity index is 2.10. The number of benzene rings is 1. The molecule has 1 aromatic carbocycles. The van der Waals surface area contributed by atoms with Crippen molar-refractivity contribution in [2.24, 2.45) is 5.92 Å². The van der Waals surface area contributed by atoms with Gasteiger partial charge in [-0.1, -0.05) is 44.4 Å². The van der Waals surface area contributed by atoms with Crippen LogP contribution in [0.1, 0.15) is 57.1 Å². The lowest BCUT2D eigenvalue weighted by Gasteiger charge is -2.46. The Labute approximate surface area is 133 Å². The van der Waals surface area contributed by atoms with Crippen molar-refractivity contribution in [2.45, 2.75) is 57.8 Å². The van der Waals surface area contributed by atoms with Gasteiger partial charge in [0.2, 0.25) is 0 Å². The molecule has 118 valence electrons. The Morgan fingerprint density at radius 3 is 2.91 bits per heavy atom. The number of ether oxygens (including phenoxy) is 1. The largest absolute Gasteiger partial charge is 0.497 e. The Bertz CT molecular complexity index is 614. The number of rotatable bonds is 4. The molecule has 0 N–H and O–H groups in total. The van der Waals surface area contributed by atoms with E-state index in [0.717, 1.165) is 25.0 Å². The van der Waals surface area contributed by atoms with Crippen molar-refractivity contribution in [2.75, 3.05) is 7.11 Å². The van der Waals surface area contributed by atoms with Gasteiger partial charge in [-0.15, -0.1) is 0 Å². The van der Waals surface area contributed by atoms with Crippen LogP contribution >= 0.6 is 0 Å². The first-order valence-corrected chi connectivity index (χ1v) is 8.53. The van der Waals surface area contributed by atoms with E-state index in [1.54, 1.807) is 7.11 Å². The molecular weight excluding hydrogens is 272 g/mol. The fourth-order valence-corrected chi connectivity index (χ4v) is 4.38. The number of methoxy groups -OCH3 is 1. The van der Waals surface area contributed by atoms with E-state index in [-0.39, 0.29) is 11.3 Å². The van der Waals surface area contributed by atoms with Crippen LogP contribution in [-0.2, 0) is 16.6 Å². The molecule has 22 heavy (non-hydrogen) atoms. The van der Waals surface area contributed by atoms with Crippen molar-refractivity contribution in [3.63, 3.8) is 0 Å². The number of hydrogen-bond donors (Lipinski definition) is 0. The van der Waals surface area contributed by atoms with Crippen LogP contribution in [0.25, 0.3) is 0 Å². The second-order valence-corrected chi connectivity index (χ2v) is 6.76. The van der Waals surface area contributed by atoms with E-state index in [9.17, 15) is 4.79 Å². The van der Waals surface area contributed by atoms with Gasteiger partial charge in [-0.05, 0) is 42.5 Å². The van der Waals surface area contributed by atoms with E-state index in [1.807, 2.05) is 0 Å². The predicted octanol–water partition coefficient (Wildman–Crippen LogP) is 4.60. The minimum absolute atomic E-state index is 0.0841. The number of fused-ring (bicyclic) bond motifs is 3. The van der Waals surface area contributed by atoms with E-state index in [2.05, 4.69) is 38.1 Å². The zero-order valence-electron chi connectivity index (χ0n) is 13.9. The summed E-state index contributed by atoms with van der Waals surface area (Å²) in [7, 11) is 1.72. The van der Waals surface area contributed by atoms with E-state index < -0.39 is 0 Å². The summed E-state index contributed by atoms with van der Waals surface area (Å²) in [4.78, 5) is 12.2. The predicted molar refractivity (Wildman–Crippen MR) is 89.4 cm³/mol. The first-order chi connectivity index (χ1) is 10.6. The van der Waals surface area contributed by atoms with E-state index in [1.165, 1.54) is 29.5 Å². The van der Waals surface area contributed by atoms with Crippen molar-refractivity contribution < 1.29 is 9.53 Å². The number of allylic oxidation sites excluding steroid dienone is 2. The lowest BCUT2D eigenvalue weighted by Crippen LogP contribution is -2.41. The lowest BCUT2D eigenvalue weighted by molar-refractivity contribution is -0.123. The van der Waals surface area contributed by atoms with E-state index in [0.29, 0.717) is 12.2 Å². The van der Waals surface area contributed by atoms with Crippen LogP contribution in [0, 0.1) is 5.92 Å². The van der Waals surface area contributed by atoms with Crippen LogP contribution < -0.4 is 4.74 Å². The molecule has 0 spiro atoms. The highest BCUT2D eigenvalue weighted by Crippen LogP contribution is 2.51. The minimum Gasteiger partial charge on any atom is -0.497 e. The standard InChI is InChI=1S/C20H26O2/c1-4-5-11-20-12-10-19(21)14(2)17(20)8-6-15-13-16(22-3)7-9-18(15)20/h7-9,13-14H,4-6,10-12H2,1-3H3. The molecule has 2 unspecified atom stereocenters. The fraction of sp³-hybridized carbons (Fsp3) is 0.550. The third-order valence-electron chi connectivity index (χ3n) is 5.63. The highest BCUT2D eigenvalue weighted by Gasteiger charge is 2.45. The minimum atomic E-state index is 0.0841. The Morgan fingerprint density at radius 1 is 1.36 bits per heavy atom. The summed E-state index contributed by atoms with van der Waals surface area (Å²) in [6, 6.07) is 6.51. The molecule has 0 aliphatic heterocycles. The van der Waals surface area contributed by atoms with Crippen molar-refractivity contribution >= 4 is 5.78 Å². The number of carbonyl (C=O) groups excluding carboxylic acids is 1. The zero-order valence-corrected chi connectivity index (χ0v) is 13.9. The number of hydrogen-bond acceptors (Lipinski definition) is 2. The van der Waals surface area contributed by atoms with Gasteiger partial charge in [-0.25, -0.2) is 0 Å². The highest BCUT2D eigenvalue weighted by atomic mass is 16.5. The molecule has 3 rings (SSSR count). The second kappa shape index (κ2) is 5.91. The summed E-state index contributed by atoms with van der Waals surface area (Å²) in [6.07, 6.45) is 8.51. The summed E-state index contributed by atoms with van der Waals surface area (Å²) < 4.78 is 5.39. The van der Waals surface area contributed by atoms with Crippen molar-refractivity contribution in [3.8, 4) is 5.75 Å². The molecule has 0 heterocycles. The monoisotopic (exact) mass is 298 g/mol. The highest BCUT2D eigenvalue weighted by molar-refractivity contribution is 5.86. The van der Waals surface area contributed by atoms with Crippen LogP contribution in [0.15, 0.2) is 29.8 Å². The number of Topliss-reactive ketones (excluding diaryl/α,β-unsaturated/α-hetero) is 1. The van der Waals surface area contributed by atoms with E-state index >= 15 is 0 Å². The average molecular weight is 298 g/mol. The fourth-order valence-electron chi connectivity index (χ4n) is 4.38. The summed E-state index contributed by atoms with van der Waals surface area (Å²) in [5, 5.41) is 0. The molecule has 0 bridgehead atoms. The molecule has 1 fully saturated rings. The van der Waals surface area contributed by atoms with Gasteiger partial charge in [0.1, 0.15) is 11.5 Å². The van der Waals surface area contributed by atoms with Crippen LogP contribution in [0.3, 0.4) is 0 Å². The molecule has 2 aliphatic rings. The third-order valence-corrected chi connectivity index (χ3v) is 5.63. The molecule has 1 aromatic rings. The smallest absolute Gasteiger partial charge is 0.139 e. The number of unbranched alkanes of at least 4 members (excludes halogenated alkanes) is 1. The molecular formula is C20H26O2. The topological polar surface area (TPSA) is 26.3 Å². The first-order valence-electron chi connectivity index (χ1n) is 8.53. The summed E-state index contributed by atoms with van der Waals surface area (Å²) >= 11 is 0. The van der Waals surface area contributed by atoms with Crippen molar-refractivity contribution in [3.05, 3.63) is 41.0 Å². The maximum absolute atomic E-state index is 12.2. The van der Waals surface area contributed by atoms with Gasteiger partial charge < -0.3 is 4.74 Å². The third kappa shape index (κ3) is 2.29. The Morgan fingerprint density at radius 2 is 2.18 bits per heavy atom. The van der Waals surface area contributed by atoms with Gasteiger partial charge in [0, 0.05) is 17.8 Å². The molecule has 0 radical (unpaired) electrons. The molecule has 0 saturated heterocycles. The van der Waals surface area contributed by atoms with Gasteiger partial charge in [0.25, 0.3) is 0 Å². The molecule has 1 saturated carbocycles. The number of carbonyl (C=O) groups is 1. The van der Waals surface area contributed by atoms with Crippen LogP contribution in [0.2, 0.25) is 0 Å². The molecule has 0 amide bonds. The van der Waals surface area contributed by atoms with Crippen molar-refractivity contribution in [1.29, 1.82) is 0 Å². The lowest BCUT2D eigenvalue weighted by atomic mass is 9.57. The Hall–Kier alpha value is -1.57. The molecule has 2 nitrogen and oxygen atoms in total. The summed E-state index contributed by atoms with van der Waals surface area (Å²) in [6.45, 7) is 4.34. The quantitative estimate of drug-likeness (QED) is 0.759. The van der Waals surface area contributed by atoms with Gasteiger partial charge in [0.15, 0.2) is 0 Å². The average Bonchev–Trinajstić information content (AvgIpc) is 2.55. The van der Waals surface area contributed by atoms with Crippen LogP contribution in [-0.4, -0.2) is 12.9 Å². The van der Waals surface area contributed by atoms with Gasteiger partial charge in [0.05, 0.1) is 7.11 Å². The SMILES string of the molecule is CCCCC12CCC(=O)C(C)C1=CCc1cc(OC)ccc12. The number of ketones is 1. The normalized spacial score (nSPS) is 27.0. The molecule has 2 heteroatoms. The summed E-state index contributed by atoms with van der Waals surface area (Å²) in [5.41, 5.74) is 4.29. The molecule has 0 aromatic heterocycles. The maximum atomic E-state index is 12.2. The second-order valence-electron chi connectivity index (χ2n) is 6.76. The van der Waals surface area contributed by atoms with Crippen molar-refractivity contribution in [1.82, 2.24) is 0 Å². The maximum Gasteiger partial charge on any atom is 0.139 e. The van der Waals surface area contributed by atoms with Gasteiger partial charge in [-0.2, -0.15) is 0 Å². The zero-order chi connectivity index (χ0) is 15.7.